The molecule has 0 N–H and O–H groups in total. The maximum atomic E-state index is 6.00. The molecule has 0 radical (unpaired) electrons. The van der Waals surface area contributed by atoms with E-state index in [9.17, 15) is 0 Å². The van der Waals surface area contributed by atoms with Crippen LogP contribution in [0.3, 0.4) is 0 Å². The first-order chi connectivity index (χ1) is 7.17. The highest BCUT2D eigenvalue weighted by atomic mass is 28.4. The summed E-state index contributed by atoms with van der Waals surface area (Å²) in [5.74, 6) is 0.697. The Morgan fingerprint density at radius 3 is 2.73 bits per heavy atom. The topological polar surface area (TPSA) is 31.0 Å². The van der Waals surface area contributed by atoms with Crippen molar-refractivity contribution in [2.45, 2.75) is 51.0 Å². The molecule has 2 rings (SSSR count). The van der Waals surface area contributed by atoms with Gasteiger partial charge in [-0.2, -0.15) is 0 Å². The SMILES string of the molecule is CC[Si](C)(OC)OCC1CCC2OC2C1. The van der Waals surface area contributed by atoms with E-state index >= 15 is 0 Å². The lowest BCUT2D eigenvalue weighted by Gasteiger charge is -2.27. The van der Waals surface area contributed by atoms with Gasteiger partial charge in [0.2, 0.25) is 0 Å². The van der Waals surface area contributed by atoms with Crippen molar-refractivity contribution < 1.29 is 13.6 Å². The largest absolute Gasteiger partial charge is 0.398 e. The average molecular weight is 230 g/mol. The fourth-order valence-corrected chi connectivity index (χ4v) is 3.44. The minimum Gasteiger partial charge on any atom is -0.398 e. The van der Waals surface area contributed by atoms with E-state index in [1.807, 2.05) is 0 Å². The van der Waals surface area contributed by atoms with Crippen LogP contribution in [0.15, 0.2) is 0 Å². The van der Waals surface area contributed by atoms with Gasteiger partial charge in [-0.25, -0.2) is 0 Å². The standard InChI is InChI=1S/C11H22O3Si/c1-4-15(3,12-2)13-8-9-5-6-10-11(7-9)14-10/h9-11H,4-8H2,1-3H3. The fourth-order valence-electron chi connectivity index (χ4n) is 2.24. The van der Waals surface area contributed by atoms with E-state index in [-0.39, 0.29) is 0 Å². The molecule has 0 aromatic carbocycles. The summed E-state index contributed by atoms with van der Waals surface area (Å²) in [6, 6.07) is 1.03. The second-order valence-electron chi connectivity index (χ2n) is 4.89. The van der Waals surface area contributed by atoms with Crippen LogP contribution in [-0.2, 0) is 13.6 Å². The lowest BCUT2D eigenvalue weighted by molar-refractivity contribution is 0.156. The van der Waals surface area contributed by atoms with Gasteiger partial charge in [0, 0.05) is 13.7 Å². The van der Waals surface area contributed by atoms with Crippen molar-refractivity contribution in [3.05, 3.63) is 0 Å². The smallest absolute Gasteiger partial charge is 0.334 e. The molecule has 1 saturated heterocycles. The molecule has 88 valence electrons. The number of ether oxygens (including phenoxy) is 1. The normalized spacial score (nSPS) is 38.2. The first-order valence-corrected chi connectivity index (χ1v) is 8.54. The molecule has 1 aliphatic heterocycles. The van der Waals surface area contributed by atoms with E-state index in [0.29, 0.717) is 18.1 Å². The van der Waals surface area contributed by atoms with E-state index < -0.39 is 8.56 Å². The predicted octanol–water partition coefficient (Wildman–Crippen LogP) is 2.31. The third kappa shape index (κ3) is 2.81. The molecule has 4 atom stereocenters. The first kappa shape index (κ1) is 11.6. The Bertz CT molecular complexity index is 218. The van der Waals surface area contributed by atoms with Gasteiger partial charge in [0.1, 0.15) is 0 Å². The summed E-state index contributed by atoms with van der Waals surface area (Å²) in [7, 11) is -0.0561. The van der Waals surface area contributed by atoms with Gasteiger partial charge in [0.15, 0.2) is 0 Å². The second kappa shape index (κ2) is 4.53. The summed E-state index contributed by atoms with van der Waals surface area (Å²) in [5, 5.41) is 0. The summed E-state index contributed by atoms with van der Waals surface area (Å²) in [6.07, 6.45) is 4.85. The molecule has 0 spiro atoms. The van der Waals surface area contributed by atoms with Crippen molar-refractivity contribution in [2.24, 2.45) is 5.92 Å². The molecule has 3 nitrogen and oxygen atoms in total. The maximum Gasteiger partial charge on any atom is 0.334 e. The zero-order valence-corrected chi connectivity index (χ0v) is 11.0. The number of epoxide rings is 1. The summed E-state index contributed by atoms with van der Waals surface area (Å²) < 4.78 is 17.0. The number of hydrogen-bond donors (Lipinski definition) is 0. The summed E-state index contributed by atoms with van der Waals surface area (Å²) in [6.45, 7) is 5.17. The van der Waals surface area contributed by atoms with Crippen LogP contribution in [0.25, 0.3) is 0 Å². The Labute approximate surface area is 93.3 Å². The highest BCUT2D eigenvalue weighted by Gasteiger charge is 2.44. The van der Waals surface area contributed by atoms with Gasteiger partial charge in [-0.15, -0.1) is 0 Å². The van der Waals surface area contributed by atoms with Crippen molar-refractivity contribution in [3.8, 4) is 0 Å². The average Bonchev–Trinajstić information content (AvgIpc) is 3.04. The minimum atomic E-state index is -1.83. The van der Waals surface area contributed by atoms with Crippen LogP contribution in [0.5, 0.6) is 0 Å². The Balaban J connectivity index is 1.72. The zero-order valence-electron chi connectivity index (χ0n) is 9.99. The molecule has 4 unspecified atom stereocenters. The monoisotopic (exact) mass is 230 g/mol. The summed E-state index contributed by atoms with van der Waals surface area (Å²) in [5.41, 5.74) is 0. The molecule has 4 heteroatoms. The summed E-state index contributed by atoms with van der Waals surface area (Å²) in [4.78, 5) is 0. The van der Waals surface area contributed by atoms with Crippen molar-refractivity contribution in [1.29, 1.82) is 0 Å². The van der Waals surface area contributed by atoms with Crippen molar-refractivity contribution in [1.82, 2.24) is 0 Å². The Hall–Kier alpha value is 0.0969. The molecule has 0 amide bonds. The lowest BCUT2D eigenvalue weighted by atomic mass is 9.90. The van der Waals surface area contributed by atoms with E-state index in [1.54, 1.807) is 7.11 Å². The molecule has 0 bridgehead atoms. The van der Waals surface area contributed by atoms with Gasteiger partial charge in [-0.3, -0.25) is 0 Å². The first-order valence-electron chi connectivity index (χ1n) is 6.01. The molecule has 15 heavy (non-hydrogen) atoms. The van der Waals surface area contributed by atoms with Gasteiger partial charge < -0.3 is 13.6 Å². The molecule has 0 aromatic heterocycles. The Morgan fingerprint density at radius 1 is 1.33 bits per heavy atom. The quantitative estimate of drug-likeness (QED) is 0.536. The molecule has 1 heterocycles. The highest BCUT2D eigenvalue weighted by molar-refractivity contribution is 6.65. The van der Waals surface area contributed by atoms with Crippen molar-refractivity contribution >= 4 is 8.56 Å². The molecule has 0 aromatic rings. The highest BCUT2D eigenvalue weighted by Crippen LogP contribution is 2.39. The van der Waals surface area contributed by atoms with Crippen LogP contribution in [-0.4, -0.2) is 34.5 Å². The zero-order chi connectivity index (χ0) is 10.9. The third-order valence-corrected chi connectivity index (χ3v) is 6.74. The number of hydrogen-bond acceptors (Lipinski definition) is 3. The van der Waals surface area contributed by atoms with Gasteiger partial charge in [0.05, 0.1) is 12.2 Å². The maximum absolute atomic E-state index is 6.00. The van der Waals surface area contributed by atoms with Crippen LogP contribution in [0.4, 0.5) is 0 Å². The van der Waals surface area contributed by atoms with Gasteiger partial charge in [0.25, 0.3) is 0 Å². The molecule has 1 aliphatic carbocycles. The van der Waals surface area contributed by atoms with E-state index in [1.165, 1.54) is 19.3 Å². The van der Waals surface area contributed by atoms with Crippen molar-refractivity contribution in [3.63, 3.8) is 0 Å². The third-order valence-electron chi connectivity index (χ3n) is 3.81. The van der Waals surface area contributed by atoms with Crippen LogP contribution >= 0.6 is 0 Å². The lowest BCUT2D eigenvalue weighted by Crippen LogP contribution is -2.38. The molecule has 2 aliphatic rings. The van der Waals surface area contributed by atoms with Gasteiger partial charge in [-0.05, 0) is 37.8 Å². The van der Waals surface area contributed by atoms with Crippen molar-refractivity contribution in [2.75, 3.05) is 13.7 Å². The second-order valence-corrected chi connectivity index (χ2v) is 8.57. The summed E-state index contributed by atoms with van der Waals surface area (Å²) >= 11 is 0. The van der Waals surface area contributed by atoms with Crippen LogP contribution in [0, 0.1) is 5.92 Å². The molecular weight excluding hydrogens is 208 g/mol. The number of rotatable bonds is 5. The minimum absolute atomic E-state index is 0.560. The van der Waals surface area contributed by atoms with Gasteiger partial charge in [-0.1, -0.05) is 6.92 Å². The van der Waals surface area contributed by atoms with E-state index in [0.717, 1.165) is 12.7 Å². The molecule has 2 fully saturated rings. The Morgan fingerprint density at radius 2 is 2.13 bits per heavy atom. The van der Waals surface area contributed by atoms with Gasteiger partial charge >= 0.3 is 8.56 Å². The van der Waals surface area contributed by atoms with E-state index in [2.05, 4.69) is 13.5 Å². The Kier molecular flexibility index (Phi) is 3.50. The van der Waals surface area contributed by atoms with Crippen LogP contribution in [0.2, 0.25) is 12.6 Å². The van der Waals surface area contributed by atoms with Crippen LogP contribution < -0.4 is 0 Å². The van der Waals surface area contributed by atoms with Crippen LogP contribution in [0.1, 0.15) is 26.2 Å². The number of fused-ring (bicyclic) bond motifs is 1. The van der Waals surface area contributed by atoms with E-state index in [4.69, 9.17) is 13.6 Å². The fraction of sp³-hybridized carbons (Fsp3) is 1.00. The molecular formula is C11H22O3Si. The predicted molar refractivity (Wildman–Crippen MR) is 61.1 cm³/mol. The molecule has 1 saturated carbocycles.